The molecule has 1 aromatic carbocycles. The van der Waals surface area contributed by atoms with Crippen LogP contribution in [0.3, 0.4) is 0 Å². The van der Waals surface area contributed by atoms with E-state index in [1.54, 1.807) is 24.3 Å². The van der Waals surface area contributed by atoms with Crippen LogP contribution in [0.25, 0.3) is 0 Å². The minimum absolute atomic E-state index is 0.0802. The van der Waals surface area contributed by atoms with Gasteiger partial charge in [0.1, 0.15) is 10.6 Å². The standard InChI is InChI=1S/C13H17N3O3S/c1-9(2)10-8-13(15-14-10)16-20(17,18)12-7-5-4-6-11(12)19-3/h4-9H,1-3H3,(H2,14,15,16). The number of benzene rings is 1. The van der Waals surface area contributed by atoms with E-state index in [-0.39, 0.29) is 16.6 Å². The lowest BCUT2D eigenvalue weighted by molar-refractivity contribution is 0.403. The Labute approximate surface area is 118 Å². The second-order valence-corrected chi connectivity index (χ2v) is 6.27. The average Bonchev–Trinajstić information content (AvgIpc) is 2.86. The van der Waals surface area contributed by atoms with Crippen molar-refractivity contribution in [3.8, 4) is 5.75 Å². The number of ether oxygens (including phenoxy) is 1. The van der Waals surface area contributed by atoms with Crippen LogP contribution in [-0.4, -0.2) is 25.7 Å². The van der Waals surface area contributed by atoms with Crippen molar-refractivity contribution in [2.45, 2.75) is 24.7 Å². The Bertz CT molecular complexity index is 692. The lowest BCUT2D eigenvalue weighted by Gasteiger charge is -2.09. The SMILES string of the molecule is COc1ccccc1S(=O)(=O)Nc1cc(C(C)C)[nH]n1. The number of aromatic amines is 1. The number of rotatable bonds is 5. The molecule has 2 N–H and O–H groups in total. The van der Waals surface area contributed by atoms with Crippen molar-refractivity contribution in [2.75, 3.05) is 11.8 Å². The zero-order chi connectivity index (χ0) is 14.8. The summed E-state index contributed by atoms with van der Waals surface area (Å²) in [6, 6.07) is 8.11. The molecule has 0 bridgehead atoms. The summed E-state index contributed by atoms with van der Waals surface area (Å²) in [5, 5.41) is 6.75. The number of anilines is 1. The maximum atomic E-state index is 12.3. The van der Waals surface area contributed by atoms with Crippen LogP contribution >= 0.6 is 0 Å². The predicted octanol–water partition coefficient (Wildman–Crippen LogP) is 2.34. The minimum atomic E-state index is -3.73. The number of methoxy groups -OCH3 is 1. The molecule has 108 valence electrons. The normalized spacial score (nSPS) is 11.6. The van der Waals surface area contributed by atoms with Gasteiger partial charge in [0.05, 0.1) is 7.11 Å². The van der Waals surface area contributed by atoms with E-state index in [0.29, 0.717) is 5.75 Å². The lowest BCUT2D eigenvalue weighted by Crippen LogP contribution is -2.14. The Morgan fingerprint density at radius 3 is 2.60 bits per heavy atom. The molecule has 7 heteroatoms. The summed E-state index contributed by atoms with van der Waals surface area (Å²) in [5.41, 5.74) is 0.864. The van der Waals surface area contributed by atoms with E-state index in [0.717, 1.165) is 5.69 Å². The number of H-pyrrole nitrogens is 1. The van der Waals surface area contributed by atoms with Crippen LogP contribution < -0.4 is 9.46 Å². The van der Waals surface area contributed by atoms with Gasteiger partial charge in [-0.05, 0) is 18.1 Å². The molecule has 1 heterocycles. The summed E-state index contributed by atoms with van der Waals surface area (Å²) < 4.78 is 32.1. The first-order valence-corrected chi connectivity index (χ1v) is 7.63. The van der Waals surface area contributed by atoms with Crippen LogP contribution in [0.1, 0.15) is 25.5 Å². The molecule has 20 heavy (non-hydrogen) atoms. The topological polar surface area (TPSA) is 84.1 Å². The Balaban J connectivity index is 2.31. The van der Waals surface area contributed by atoms with E-state index in [9.17, 15) is 8.42 Å². The van der Waals surface area contributed by atoms with Gasteiger partial charge in [-0.3, -0.25) is 9.82 Å². The summed E-state index contributed by atoms with van der Waals surface area (Å²) in [7, 11) is -2.30. The van der Waals surface area contributed by atoms with Gasteiger partial charge in [0, 0.05) is 11.8 Å². The summed E-state index contributed by atoms with van der Waals surface area (Å²) in [5.74, 6) is 0.797. The third-order valence-electron chi connectivity index (χ3n) is 2.82. The highest BCUT2D eigenvalue weighted by Crippen LogP contribution is 2.25. The Hall–Kier alpha value is -2.02. The lowest BCUT2D eigenvalue weighted by atomic mass is 10.1. The largest absolute Gasteiger partial charge is 0.495 e. The molecule has 0 radical (unpaired) electrons. The van der Waals surface area contributed by atoms with Gasteiger partial charge >= 0.3 is 0 Å². The van der Waals surface area contributed by atoms with Crippen molar-refractivity contribution < 1.29 is 13.2 Å². The monoisotopic (exact) mass is 295 g/mol. The van der Waals surface area contributed by atoms with Crippen LogP contribution in [0, 0.1) is 0 Å². The van der Waals surface area contributed by atoms with Crippen molar-refractivity contribution >= 4 is 15.8 Å². The number of aromatic nitrogens is 2. The van der Waals surface area contributed by atoms with Crippen LogP contribution in [0.15, 0.2) is 35.2 Å². The maximum Gasteiger partial charge on any atom is 0.266 e. The van der Waals surface area contributed by atoms with E-state index < -0.39 is 10.0 Å². The second-order valence-electron chi connectivity index (χ2n) is 4.62. The molecule has 0 spiro atoms. The van der Waals surface area contributed by atoms with Gasteiger partial charge in [0.15, 0.2) is 5.82 Å². The van der Waals surface area contributed by atoms with E-state index in [4.69, 9.17) is 4.74 Å². The molecule has 0 atom stereocenters. The highest BCUT2D eigenvalue weighted by atomic mass is 32.2. The fraction of sp³-hybridized carbons (Fsp3) is 0.308. The van der Waals surface area contributed by atoms with Crippen LogP contribution in [0.4, 0.5) is 5.82 Å². The molecule has 0 aliphatic heterocycles. The molecule has 0 amide bonds. The number of sulfonamides is 1. The molecular weight excluding hydrogens is 278 g/mol. The van der Waals surface area contributed by atoms with E-state index in [1.807, 2.05) is 13.8 Å². The van der Waals surface area contributed by atoms with E-state index in [2.05, 4.69) is 14.9 Å². The van der Waals surface area contributed by atoms with Crippen molar-refractivity contribution in [2.24, 2.45) is 0 Å². The number of para-hydroxylation sites is 1. The highest BCUT2D eigenvalue weighted by molar-refractivity contribution is 7.92. The van der Waals surface area contributed by atoms with Crippen LogP contribution in [-0.2, 0) is 10.0 Å². The van der Waals surface area contributed by atoms with Gasteiger partial charge < -0.3 is 4.74 Å². The summed E-state index contributed by atoms with van der Waals surface area (Å²) in [4.78, 5) is 0.0802. The molecule has 0 aliphatic rings. The van der Waals surface area contributed by atoms with Crippen molar-refractivity contribution in [1.82, 2.24) is 10.2 Å². The van der Waals surface area contributed by atoms with Gasteiger partial charge in [0.2, 0.25) is 0 Å². The predicted molar refractivity (Wildman–Crippen MR) is 76.5 cm³/mol. The first kappa shape index (κ1) is 14.4. The zero-order valence-electron chi connectivity index (χ0n) is 11.5. The van der Waals surface area contributed by atoms with Gasteiger partial charge in [0.25, 0.3) is 10.0 Å². The molecule has 0 saturated carbocycles. The van der Waals surface area contributed by atoms with Crippen molar-refractivity contribution in [1.29, 1.82) is 0 Å². The van der Waals surface area contributed by atoms with Crippen molar-refractivity contribution in [3.05, 3.63) is 36.0 Å². The van der Waals surface area contributed by atoms with Crippen molar-refractivity contribution in [3.63, 3.8) is 0 Å². The number of hydrogen-bond donors (Lipinski definition) is 2. The van der Waals surface area contributed by atoms with Gasteiger partial charge in [-0.2, -0.15) is 5.10 Å². The number of nitrogens with zero attached hydrogens (tertiary/aromatic N) is 1. The summed E-state index contributed by atoms with van der Waals surface area (Å²) in [6.45, 7) is 3.98. The third-order valence-corrected chi connectivity index (χ3v) is 4.21. The van der Waals surface area contributed by atoms with Crippen LogP contribution in [0.2, 0.25) is 0 Å². The molecule has 1 aromatic heterocycles. The molecular formula is C13H17N3O3S. The third kappa shape index (κ3) is 2.93. The molecule has 0 fully saturated rings. The van der Waals surface area contributed by atoms with Gasteiger partial charge in [-0.25, -0.2) is 8.42 Å². The molecule has 6 nitrogen and oxygen atoms in total. The highest BCUT2D eigenvalue weighted by Gasteiger charge is 2.20. The first-order chi connectivity index (χ1) is 9.44. The van der Waals surface area contributed by atoms with E-state index in [1.165, 1.54) is 13.2 Å². The van der Waals surface area contributed by atoms with Gasteiger partial charge in [-0.15, -0.1) is 0 Å². The van der Waals surface area contributed by atoms with Gasteiger partial charge in [-0.1, -0.05) is 26.0 Å². The molecule has 2 rings (SSSR count). The Kier molecular flexibility index (Phi) is 3.99. The molecule has 0 unspecified atom stereocenters. The molecule has 0 aliphatic carbocycles. The quantitative estimate of drug-likeness (QED) is 0.886. The minimum Gasteiger partial charge on any atom is -0.495 e. The van der Waals surface area contributed by atoms with E-state index >= 15 is 0 Å². The molecule has 2 aromatic rings. The number of nitrogens with one attached hydrogen (secondary N) is 2. The summed E-state index contributed by atoms with van der Waals surface area (Å²) in [6.07, 6.45) is 0. The fourth-order valence-corrected chi connectivity index (χ4v) is 2.88. The summed E-state index contributed by atoms with van der Waals surface area (Å²) >= 11 is 0. The Morgan fingerprint density at radius 2 is 2.00 bits per heavy atom. The fourth-order valence-electron chi connectivity index (χ4n) is 1.72. The average molecular weight is 295 g/mol. The molecule has 0 saturated heterocycles. The maximum absolute atomic E-state index is 12.3. The second kappa shape index (κ2) is 5.54. The van der Waals surface area contributed by atoms with Crippen LogP contribution in [0.5, 0.6) is 5.75 Å². The zero-order valence-corrected chi connectivity index (χ0v) is 12.4. The smallest absolute Gasteiger partial charge is 0.266 e. The first-order valence-electron chi connectivity index (χ1n) is 6.15. The number of hydrogen-bond acceptors (Lipinski definition) is 4. The Morgan fingerprint density at radius 1 is 1.30 bits per heavy atom.